The molecule has 6 heteroatoms. The number of aryl methyl sites for hydroxylation is 2. The van der Waals surface area contributed by atoms with E-state index in [9.17, 15) is 13.5 Å². The van der Waals surface area contributed by atoms with E-state index in [2.05, 4.69) is 4.98 Å². The van der Waals surface area contributed by atoms with Gasteiger partial charge in [-0.3, -0.25) is 9.17 Å². The van der Waals surface area contributed by atoms with Gasteiger partial charge in [0, 0.05) is 12.4 Å². The molecule has 1 aromatic carbocycles. The smallest absolute Gasteiger partial charge is 0.296 e. The molecule has 1 atom stereocenters. The van der Waals surface area contributed by atoms with Crippen molar-refractivity contribution in [1.82, 2.24) is 4.98 Å². The first-order valence-electron chi connectivity index (χ1n) is 7.50. The molecule has 0 spiro atoms. The molecule has 2 rings (SSSR count). The van der Waals surface area contributed by atoms with Crippen LogP contribution in [0, 0.1) is 6.92 Å². The van der Waals surface area contributed by atoms with E-state index in [1.807, 2.05) is 19.1 Å². The van der Waals surface area contributed by atoms with Crippen LogP contribution in [-0.2, 0) is 20.7 Å². The number of aliphatic hydroxyl groups is 1. The van der Waals surface area contributed by atoms with Crippen LogP contribution in [0.4, 0.5) is 0 Å². The highest BCUT2D eigenvalue weighted by molar-refractivity contribution is 7.86. The summed E-state index contributed by atoms with van der Waals surface area (Å²) in [6.45, 7) is 1.85. The molecular formula is C17H21NO4S. The fourth-order valence-electron chi connectivity index (χ4n) is 2.09. The quantitative estimate of drug-likeness (QED) is 0.750. The molecule has 0 aliphatic heterocycles. The minimum Gasteiger partial charge on any atom is -0.393 e. The Morgan fingerprint density at radius 3 is 2.57 bits per heavy atom. The van der Waals surface area contributed by atoms with Crippen LogP contribution >= 0.6 is 0 Å². The van der Waals surface area contributed by atoms with Crippen molar-refractivity contribution in [2.45, 2.75) is 37.2 Å². The van der Waals surface area contributed by atoms with Gasteiger partial charge in [0.2, 0.25) is 0 Å². The monoisotopic (exact) mass is 335 g/mol. The van der Waals surface area contributed by atoms with Crippen LogP contribution in [0.25, 0.3) is 0 Å². The summed E-state index contributed by atoms with van der Waals surface area (Å²) in [6, 6.07) is 10.3. The van der Waals surface area contributed by atoms with Crippen molar-refractivity contribution in [1.29, 1.82) is 0 Å². The molecule has 1 aromatic heterocycles. The Balaban J connectivity index is 1.76. The van der Waals surface area contributed by atoms with Crippen molar-refractivity contribution in [3.63, 3.8) is 0 Å². The minimum atomic E-state index is -3.76. The van der Waals surface area contributed by atoms with Crippen LogP contribution in [0.1, 0.15) is 24.0 Å². The number of pyridine rings is 1. The molecule has 0 aliphatic rings. The molecule has 0 saturated carbocycles. The lowest BCUT2D eigenvalue weighted by Gasteiger charge is -2.11. The summed E-state index contributed by atoms with van der Waals surface area (Å²) < 4.78 is 29.0. The average Bonchev–Trinajstić information content (AvgIpc) is 2.54. The van der Waals surface area contributed by atoms with Gasteiger partial charge in [-0.2, -0.15) is 8.42 Å². The molecule has 0 saturated heterocycles. The second-order valence-corrected chi connectivity index (χ2v) is 7.05. The van der Waals surface area contributed by atoms with E-state index in [0.29, 0.717) is 12.8 Å². The predicted molar refractivity (Wildman–Crippen MR) is 87.5 cm³/mol. The Hall–Kier alpha value is -1.76. The van der Waals surface area contributed by atoms with Gasteiger partial charge in [0.25, 0.3) is 10.1 Å². The zero-order chi connectivity index (χ0) is 16.7. The van der Waals surface area contributed by atoms with E-state index in [1.165, 1.54) is 12.1 Å². The molecule has 0 bridgehead atoms. The van der Waals surface area contributed by atoms with Gasteiger partial charge in [0.05, 0.1) is 17.6 Å². The number of hydrogen-bond donors (Lipinski definition) is 1. The first-order chi connectivity index (χ1) is 11.0. The largest absolute Gasteiger partial charge is 0.393 e. The summed E-state index contributed by atoms with van der Waals surface area (Å²) in [6.07, 6.45) is 4.35. The number of hydrogen-bond acceptors (Lipinski definition) is 5. The highest BCUT2D eigenvalue weighted by Gasteiger charge is 2.15. The summed E-state index contributed by atoms with van der Waals surface area (Å²) >= 11 is 0. The lowest BCUT2D eigenvalue weighted by atomic mass is 10.1. The van der Waals surface area contributed by atoms with Crippen molar-refractivity contribution < 1.29 is 17.7 Å². The molecule has 0 aliphatic carbocycles. The predicted octanol–water partition coefficient (Wildman–Crippen LogP) is 2.48. The maximum atomic E-state index is 12.0. The molecule has 124 valence electrons. The van der Waals surface area contributed by atoms with Crippen molar-refractivity contribution >= 4 is 10.1 Å². The molecule has 2 aromatic rings. The van der Waals surface area contributed by atoms with Gasteiger partial charge in [-0.05, 0) is 49.9 Å². The summed E-state index contributed by atoms with van der Waals surface area (Å²) in [5.74, 6) is 0. The number of nitrogens with zero attached hydrogens (tertiary/aromatic N) is 1. The Labute approximate surface area is 137 Å². The van der Waals surface area contributed by atoms with Crippen LogP contribution < -0.4 is 0 Å². The van der Waals surface area contributed by atoms with E-state index >= 15 is 0 Å². The van der Waals surface area contributed by atoms with Gasteiger partial charge in [0.1, 0.15) is 0 Å². The molecule has 23 heavy (non-hydrogen) atoms. The molecule has 0 radical (unpaired) electrons. The highest BCUT2D eigenvalue weighted by Crippen LogP contribution is 2.14. The van der Waals surface area contributed by atoms with Crippen LogP contribution in [0.15, 0.2) is 53.7 Å². The maximum Gasteiger partial charge on any atom is 0.296 e. The molecule has 1 unspecified atom stereocenters. The SMILES string of the molecule is Cc1ccc(S(=O)(=O)OCCC(O)CCc2cccnc2)cc1. The summed E-state index contributed by atoms with van der Waals surface area (Å²) in [7, 11) is -3.76. The number of benzene rings is 1. The molecule has 1 N–H and O–H groups in total. The van der Waals surface area contributed by atoms with E-state index in [4.69, 9.17) is 4.18 Å². The first-order valence-corrected chi connectivity index (χ1v) is 8.91. The summed E-state index contributed by atoms with van der Waals surface area (Å²) in [4.78, 5) is 4.14. The highest BCUT2D eigenvalue weighted by atomic mass is 32.2. The maximum absolute atomic E-state index is 12.0. The Morgan fingerprint density at radius 1 is 1.17 bits per heavy atom. The van der Waals surface area contributed by atoms with E-state index < -0.39 is 16.2 Å². The van der Waals surface area contributed by atoms with Crippen LogP contribution in [-0.4, -0.2) is 31.2 Å². The Morgan fingerprint density at radius 2 is 1.91 bits per heavy atom. The molecule has 1 heterocycles. The van der Waals surface area contributed by atoms with E-state index in [1.54, 1.807) is 24.5 Å². The molecule has 0 fully saturated rings. The van der Waals surface area contributed by atoms with Gasteiger partial charge in [0.15, 0.2) is 0 Å². The van der Waals surface area contributed by atoms with Crippen molar-refractivity contribution in [2.75, 3.05) is 6.61 Å². The number of aliphatic hydroxyl groups excluding tert-OH is 1. The fraction of sp³-hybridized carbons (Fsp3) is 0.353. The van der Waals surface area contributed by atoms with E-state index in [-0.39, 0.29) is 17.9 Å². The normalized spacial score (nSPS) is 13.0. The van der Waals surface area contributed by atoms with Crippen LogP contribution in [0.2, 0.25) is 0 Å². The van der Waals surface area contributed by atoms with Gasteiger partial charge in [-0.25, -0.2) is 0 Å². The Kier molecular flexibility index (Phi) is 6.27. The summed E-state index contributed by atoms with van der Waals surface area (Å²) in [5.41, 5.74) is 2.02. The third kappa shape index (κ3) is 5.74. The van der Waals surface area contributed by atoms with Crippen molar-refractivity contribution in [2.24, 2.45) is 0 Å². The van der Waals surface area contributed by atoms with Gasteiger partial charge in [-0.15, -0.1) is 0 Å². The number of rotatable bonds is 8. The van der Waals surface area contributed by atoms with Crippen LogP contribution in [0.5, 0.6) is 0 Å². The topological polar surface area (TPSA) is 76.5 Å². The van der Waals surface area contributed by atoms with E-state index in [0.717, 1.165) is 11.1 Å². The van der Waals surface area contributed by atoms with Gasteiger partial charge < -0.3 is 5.11 Å². The molecule has 5 nitrogen and oxygen atoms in total. The van der Waals surface area contributed by atoms with Gasteiger partial charge in [-0.1, -0.05) is 23.8 Å². The minimum absolute atomic E-state index is 0.0373. The lowest BCUT2D eigenvalue weighted by molar-refractivity contribution is 0.133. The number of aromatic nitrogens is 1. The summed E-state index contributed by atoms with van der Waals surface area (Å²) in [5, 5.41) is 9.92. The van der Waals surface area contributed by atoms with Crippen molar-refractivity contribution in [3.8, 4) is 0 Å². The standard InChI is InChI=1S/C17H21NO4S/c1-14-4-8-17(9-5-14)23(20,21)22-12-10-16(19)7-6-15-3-2-11-18-13-15/h2-5,8-9,11,13,16,19H,6-7,10,12H2,1H3. The molecule has 0 amide bonds. The second kappa shape index (κ2) is 8.19. The molecular weight excluding hydrogens is 314 g/mol. The van der Waals surface area contributed by atoms with Crippen LogP contribution in [0.3, 0.4) is 0 Å². The third-order valence-corrected chi connectivity index (χ3v) is 4.81. The second-order valence-electron chi connectivity index (χ2n) is 5.43. The lowest BCUT2D eigenvalue weighted by Crippen LogP contribution is -2.14. The van der Waals surface area contributed by atoms with Crippen molar-refractivity contribution in [3.05, 3.63) is 59.9 Å². The zero-order valence-electron chi connectivity index (χ0n) is 13.1. The fourth-order valence-corrected chi connectivity index (χ4v) is 3.01. The zero-order valence-corrected chi connectivity index (χ0v) is 13.9. The third-order valence-electron chi connectivity index (χ3n) is 3.49. The Bertz CT molecular complexity index is 699. The van der Waals surface area contributed by atoms with Gasteiger partial charge >= 0.3 is 0 Å². The average molecular weight is 335 g/mol. The first kappa shape index (κ1) is 17.6.